The maximum Gasteiger partial charge on any atom is 0.261 e. The molecule has 0 saturated heterocycles. The number of nitrogens with one attached hydrogen (secondary N) is 2. The molecule has 3 rings (SSSR count). The van der Waals surface area contributed by atoms with E-state index < -0.39 is 10.0 Å². The Hall–Kier alpha value is -1.70. The van der Waals surface area contributed by atoms with Gasteiger partial charge in [0, 0.05) is 23.9 Å². The molecule has 0 spiro atoms. The van der Waals surface area contributed by atoms with E-state index >= 15 is 0 Å². The van der Waals surface area contributed by atoms with E-state index in [0.29, 0.717) is 30.3 Å². The van der Waals surface area contributed by atoms with Crippen molar-refractivity contribution < 1.29 is 13.2 Å². The normalized spacial score (nSPS) is 16.9. The van der Waals surface area contributed by atoms with Crippen molar-refractivity contribution in [2.75, 3.05) is 19.3 Å². The topological polar surface area (TPSA) is 75.3 Å². The summed E-state index contributed by atoms with van der Waals surface area (Å²) in [6.45, 7) is 0.998. The molecule has 1 amide bonds. The maximum atomic E-state index is 12.4. The summed E-state index contributed by atoms with van der Waals surface area (Å²) in [5.41, 5.74) is 2.76. The van der Waals surface area contributed by atoms with Crippen molar-refractivity contribution in [3.63, 3.8) is 0 Å². The molecule has 1 atom stereocenters. The Morgan fingerprint density at radius 3 is 2.85 bits per heavy atom. The third kappa shape index (κ3) is 5.16. The Kier molecular flexibility index (Phi) is 6.11. The molecule has 1 aromatic carbocycles. The van der Waals surface area contributed by atoms with E-state index in [-0.39, 0.29) is 5.91 Å². The van der Waals surface area contributed by atoms with Gasteiger partial charge in [0.15, 0.2) is 0 Å². The zero-order valence-corrected chi connectivity index (χ0v) is 16.5. The van der Waals surface area contributed by atoms with Gasteiger partial charge < -0.3 is 5.32 Å². The number of hydrogen-bond donors (Lipinski definition) is 2. The van der Waals surface area contributed by atoms with Gasteiger partial charge in [-0.3, -0.25) is 4.79 Å². The lowest BCUT2D eigenvalue weighted by atomic mass is 9.83. The van der Waals surface area contributed by atoms with Gasteiger partial charge in [-0.05, 0) is 48.9 Å². The highest BCUT2D eigenvalue weighted by atomic mass is 32.2. The predicted molar refractivity (Wildman–Crippen MR) is 105 cm³/mol. The van der Waals surface area contributed by atoms with Crippen LogP contribution in [0.4, 0.5) is 0 Å². The molecule has 1 heterocycles. The predicted octanol–water partition coefficient (Wildman–Crippen LogP) is 2.69. The van der Waals surface area contributed by atoms with Crippen molar-refractivity contribution in [2.24, 2.45) is 0 Å². The zero-order chi connectivity index (χ0) is 18.6. The number of sulfonamides is 1. The largest absolute Gasteiger partial charge is 0.351 e. The lowest BCUT2D eigenvalue weighted by Crippen LogP contribution is -2.29. The Balaban J connectivity index is 1.53. The molecule has 0 bridgehead atoms. The average molecular weight is 393 g/mol. The molecule has 1 aliphatic rings. The highest BCUT2D eigenvalue weighted by Crippen LogP contribution is 2.31. The molecule has 0 saturated carbocycles. The summed E-state index contributed by atoms with van der Waals surface area (Å²) in [4.78, 5) is 14.1. The van der Waals surface area contributed by atoms with Gasteiger partial charge >= 0.3 is 0 Å². The van der Waals surface area contributed by atoms with E-state index in [2.05, 4.69) is 34.3 Å². The summed E-state index contributed by atoms with van der Waals surface area (Å²) < 4.78 is 24.6. The third-order valence-corrected chi connectivity index (χ3v) is 6.50. The highest BCUT2D eigenvalue weighted by molar-refractivity contribution is 7.88. The van der Waals surface area contributed by atoms with Crippen molar-refractivity contribution in [1.82, 2.24) is 10.0 Å². The Bertz CT molecular complexity index is 874. The third-order valence-electron chi connectivity index (χ3n) is 4.62. The van der Waals surface area contributed by atoms with Gasteiger partial charge in [-0.15, -0.1) is 11.3 Å². The first-order valence-electron chi connectivity index (χ1n) is 8.82. The molecule has 2 N–H and O–H groups in total. The van der Waals surface area contributed by atoms with Crippen LogP contribution in [0.2, 0.25) is 0 Å². The maximum absolute atomic E-state index is 12.4. The molecular weight excluding hydrogens is 368 g/mol. The Labute approximate surface area is 158 Å². The fourth-order valence-electron chi connectivity index (χ4n) is 3.36. The minimum Gasteiger partial charge on any atom is -0.351 e. The summed E-state index contributed by atoms with van der Waals surface area (Å²) in [6.07, 6.45) is 5.11. The number of fused-ring (bicyclic) bond motifs is 1. The Morgan fingerprint density at radius 1 is 1.23 bits per heavy atom. The average Bonchev–Trinajstić information content (AvgIpc) is 3.07. The van der Waals surface area contributed by atoms with Crippen LogP contribution in [0.3, 0.4) is 0 Å². The van der Waals surface area contributed by atoms with Gasteiger partial charge in [0.2, 0.25) is 10.0 Å². The van der Waals surface area contributed by atoms with Crippen LogP contribution < -0.4 is 10.0 Å². The fraction of sp³-hybridized carbons (Fsp3) is 0.421. The summed E-state index contributed by atoms with van der Waals surface area (Å²) in [6, 6.07) is 12.2. The number of benzene rings is 1. The minimum atomic E-state index is -3.17. The summed E-state index contributed by atoms with van der Waals surface area (Å²) >= 11 is 1.42. The summed E-state index contributed by atoms with van der Waals surface area (Å²) in [5.74, 6) is 0.322. The van der Waals surface area contributed by atoms with Crippen LogP contribution in [-0.2, 0) is 22.9 Å². The summed E-state index contributed by atoms with van der Waals surface area (Å²) in [5, 5.41) is 3.06. The molecular formula is C19H24N2O3S2. The van der Waals surface area contributed by atoms with Crippen LogP contribution >= 0.6 is 11.3 Å². The number of amides is 1. The number of carbonyl (C=O) groups is 1. The molecule has 1 aliphatic carbocycles. The zero-order valence-electron chi connectivity index (χ0n) is 14.8. The molecule has 1 aromatic heterocycles. The van der Waals surface area contributed by atoms with Gasteiger partial charge in [-0.1, -0.05) is 24.3 Å². The lowest BCUT2D eigenvalue weighted by Gasteiger charge is -2.25. The second-order valence-electron chi connectivity index (χ2n) is 6.68. The molecule has 26 heavy (non-hydrogen) atoms. The minimum absolute atomic E-state index is 0.0552. The highest BCUT2D eigenvalue weighted by Gasteiger charge is 2.20. The molecule has 5 nitrogen and oxygen atoms in total. The van der Waals surface area contributed by atoms with E-state index in [1.54, 1.807) is 0 Å². The molecule has 0 aliphatic heterocycles. The monoisotopic (exact) mass is 392 g/mol. The van der Waals surface area contributed by atoms with E-state index in [0.717, 1.165) is 30.4 Å². The van der Waals surface area contributed by atoms with Crippen LogP contribution in [0, 0.1) is 0 Å². The number of rotatable bonds is 7. The molecule has 1 unspecified atom stereocenters. The second-order valence-corrected chi connectivity index (χ2v) is 9.68. The second kappa shape index (κ2) is 8.33. The molecule has 0 fully saturated rings. The van der Waals surface area contributed by atoms with Gasteiger partial charge in [0.05, 0.1) is 11.1 Å². The van der Waals surface area contributed by atoms with E-state index in [9.17, 15) is 13.2 Å². The molecule has 140 valence electrons. The number of thiophene rings is 1. The van der Waals surface area contributed by atoms with E-state index in [4.69, 9.17) is 0 Å². The van der Waals surface area contributed by atoms with Crippen molar-refractivity contribution in [2.45, 2.75) is 31.6 Å². The van der Waals surface area contributed by atoms with Crippen LogP contribution in [0.1, 0.15) is 44.4 Å². The summed E-state index contributed by atoms with van der Waals surface area (Å²) in [7, 11) is -3.17. The number of hydrogen-bond acceptors (Lipinski definition) is 4. The van der Waals surface area contributed by atoms with Crippen LogP contribution in [0.15, 0.2) is 36.4 Å². The SMILES string of the molecule is CS(=O)(=O)NCCc1ccc(C(=O)NCC2CCCc3ccccc32)s1. The number of aryl methyl sites for hydroxylation is 1. The molecule has 2 aromatic rings. The van der Waals surface area contributed by atoms with Gasteiger partial charge in [0.1, 0.15) is 0 Å². The van der Waals surface area contributed by atoms with Crippen molar-refractivity contribution in [3.8, 4) is 0 Å². The van der Waals surface area contributed by atoms with E-state index in [1.165, 1.54) is 22.5 Å². The molecule has 7 heteroatoms. The smallest absolute Gasteiger partial charge is 0.261 e. The first kappa shape index (κ1) is 19.1. The quantitative estimate of drug-likeness (QED) is 0.761. The lowest BCUT2D eigenvalue weighted by molar-refractivity contribution is 0.0954. The van der Waals surface area contributed by atoms with Crippen LogP contribution in [0.25, 0.3) is 0 Å². The standard InChI is InChI=1S/C19H24N2O3S2/c1-26(23,24)21-12-11-16-9-10-18(25-16)19(22)20-13-15-7-4-6-14-5-2-3-8-17(14)15/h2-3,5,8-10,15,21H,4,6-7,11-13H2,1H3,(H,20,22). The van der Waals surface area contributed by atoms with Gasteiger partial charge in [-0.25, -0.2) is 13.1 Å². The van der Waals surface area contributed by atoms with Crippen LogP contribution in [0.5, 0.6) is 0 Å². The van der Waals surface area contributed by atoms with Gasteiger partial charge in [0.25, 0.3) is 5.91 Å². The Morgan fingerprint density at radius 2 is 2.04 bits per heavy atom. The first-order chi connectivity index (χ1) is 12.4. The van der Waals surface area contributed by atoms with Crippen molar-refractivity contribution >= 4 is 27.3 Å². The van der Waals surface area contributed by atoms with E-state index in [1.807, 2.05) is 12.1 Å². The number of carbonyl (C=O) groups excluding carboxylic acids is 1. The first-order valence-corrected chi connectivity index (χ1v) is 11.5. The fourth-order valence-corrected chi connectivity index (χ4v) is 4.76. The van der Waals surface area contributed by atoms with Gasteiger partial charge in [-0.2, -0.15) is 0 Å². The molecule has 0 radical (unpaired) electrons. The van der Waals surface area contributed by atoms with Crippen LogP contribution in [-0.4, -0.2) is 33.7 Å². The van der Waals surface area contributed by atoms with Crippen molar-refractivity contribution in [1.29, 1.82) is 0 Å². The van der Waals surface area contributed by atoms with Crippen molar-refractivity contribution in [3.05, 3.63) is 57.3 Å².